The molecule has 2 bridgehead atoms. The maximum absolute atomic E-state index is 13.0. The summed E-state index contributed by atoms with van der Waals surface area (Å²) in [5, 5.41) is 10.8. The van der Waals surface area contributed by atoms with Crippen LogP contribution in [0.4, 0.5) is 21.1 Å². The van der Waals surface area contributed by atoms with E-state index in [2.05, 4.69) is 48.4 Å². The predicted octanol–water partition coefficient (Wildman–Crippen LogP) is 7.99. The SMILES string of the molecule is Cc1ccc(-n2nc(C(C)(C)C)cc2NC(=O)Nc2ccc(CC3CC4CCC(C3)N4C(=O)OC3CCCC3)cc2)cc1. The molecule has 2 aliphatic heterocycles. The summed E-state index contributed by atoms with van der Waals surface area (Å²) in [4.78, 5) is 28.0. The van der Waals surface area contributed by atoms with Crippen molar-refractivity contribution < 1.29 is 14.3 Å². The molecule has 3 heterocycles. The highest BCUT2D eigenvalue weighted by atomic mass is 16.6. The molecule has 3 aromatic rings. The van der Waals surface area contributed by atoms with Gasteiger partial charge in [-0.1, -0.05) is 50.6 Å². The number of aryl methyl sites for hydroxylation is 1. The van der Waals surface area contributed by atoms with Crippen molar-refractivity contribution in [1.82, 2.24) is 14.7 Å². The Kier molecular flexibility index (Phi) is 8.21. The molecule has 0 spiro atoms. The summed E-state index contributed by atoms with van der Waals surface area (Å²) in [6.07, 6.45) is 9.62. The molecule has 2 atom stereocenters. The van der Waals surface area contributed by atoms with Gasteiger partial charge in [0.15, 0.2) is 0 Å². The Morgan fingerprint density at radius 1 is 0.907 bits per heavy atom. The maximum Gasteiger partial charge on any atom is 0.410 e. The zero-order chi connectivity index (χ0) is 30.1. The van der Waals surface area contributed by atoms with Crippen molar-refractivity contribution in [3.63, 3.8) is 0 Å². The number of rotatable bonds is 6. The van der Waals surface area contributed by atoms with E-state index < -0.39 is 0 Å². The van der Waals surface area contributed by atoms with Crippen molar-refractivity contribution in [2.75, 3.05) is 10.6 Å². The lowest BCUT2D eigenvalue weighted by molar-refractivity contribution is 0.0324. The Bertz CT molecular complexity index is 1420. The van der Waals surface area contributed by atoms with Crippen LogP contribution in [0.3, 0.4) is 0 Å². The summed E-state index contributed by atoms with van der Waals surface area (Å²) < 4.78 is 7.65. The summed E-state index contributed by atoms with van der Waals surface area (Å²) in [7, 11) is 0. The summed E-state index contributed by atoms with van der Waals surface area (Å²) in [6.45, 7) is 8.38. The number of hydrogen-bond acceptors (Lipinski definition) is 4. The second-order valence-electron chi connectivity index (χ2n) is 13.8. The van der Waals surface area contributed by atoms with Gasteiger partial charge < -0.3 is 15.0 Å². The van der Waals surface area contributed by atoms with Crippen molar-refractivity contribution >= 4 is 23.6 Å². The molecule has 2 unspecified atom stereocenters. The van der Waals surface area contributed by atoms with E-state index in [1.165, 1.54) is 24.0 Å². The largest absolute Gasteiger partial charge is 0.446 e. The third-order valence-corrected chi connectivity index (χ3v) is 9.35. The van der Waals surface area contributed by atoms with Crippen molar-refractivity contribution in [2.24, 2.45) is 5.92 Å². The molecule has 2 saturated heterocycles. The minimum absolute atomic E-state index is 0.0805. The van der Waals surface area contributed by atoms with E-state index in [4.69, 9.17) is 9.84 Å². The van der Waals surface area contributed by atoms with Crippen LogP contribution in [0.15, 0.2) is 54.6 Å². The molecule has 8 nitrogen and oxygen atoms in total. The van der Waals surface area contributed by atoms with Gasteiger partial charge in [0.2, 0.25) is 0 Å². The first-order valence-corrected chi connectivity index (χ1v) is 16.0. The third kappa shape index (κ3) is 6.73. The monoisotopic (exact) mass is 583 g/mol. The number of hydrogen-bond donors (Lipinski definition) is 2. The number of nitrogens with one attached hydrogen (secondary N) is 2. The van der Waals surface area contributed by atoms with Gasteiger partial charge in [-0.15, -0.1) is 0 Å². The van der Waals surface area contributed by atoms with Crippen LogP contribution in [0, 0.1) is 12.8 Å². The minimum atomic E-state index is -0.310. The smallest absolute Gasteiger partial charge is 0.410 e. The first-order chi connectivity index (χ1) is 20.6. The van der Waals surface area contributed by atoms with Gasteiger partial charge in [0.25, 0.3) is 0 Å². The lowest BCUT2D eigenvalue weighted by Gasteiger charge is -2.38. The summed E-state index contributed by atoms with van der Waals surface area (Å²) in [5.41, 5.74) is 4.80. The molecular formula is C35H45N5O3. The lowest BCUT2D eigenvalue weighted by Crippen LogP contribution is -2.47. The number of anilines is 2. The molecule has 2 N–H and O–H groups in total. The Labute approximate surface area is 255 Å². The van der Waals surface area contributed by atoms with Gasteiger partial charge in [-0.25, -0.2) is 14.3 Å². The van der Waals surface area contributed by atoms with Crippen molar-refractivity contribution in [1.29, 1.82) is 0 Å². The molecule has 43 heavy (non-hydrogen) atoms. The summed E-state index contributed by atoms with van der Waals surface area (Å²) >= 11 is 0. The Morgan fingerprint density at radius 2 is 1.56 bits per heavy atom. The molecule has 1 saturated carbocycles. The number of fused-ring (bicyclic) bond motifs is 2. The number of ether oxygens (including phenoxy) is 1. The molecule has 8 heteroatoms. The number of nitrogens with zero attached hydrogens (tertiary/aromatic N) is 3. The first kappa shape index (κ1) is 29.3. The summed E-state index contributed by atoms with van der Waals surface area (Å²) in [6, 6.07) is 18.5. The van der Waals surface area contributed by atoms with E-state index >= 15 is 0 Å². The van der Waals surface area contributed by atoms with E-state index in [-0.39, 0.29) is 23.6 Å². The van der Waals surface area contributed by atoms with Crippen LogP contribution in [0.25, 0.3) is 5.69 Å². The van der Waals surface area contributed by atoms with Crippen LogP contribution in [-0.4, -0.2) is 45.0 Å². The fourth-order valence-electron chi connectivity index (χ4n) is 7.02. The Hall–Kier alpha value is -3.81. The molecular weight excluding hydrogens is 538 g/mol. The van der Waals surface area contributed by atoms with Gasteiger partial charge in [-0.2, -0.15) is 5.10 Å². The number of carbonyl (C=O) groups is 2. The van der Waals surface area contributed by atoms with E-state index in [1.54, 1.807) is 4.68 Å². The van der Waals surface area contributed by atoms with Gasteiger partial charge in [0.05, 0.1) is 11.4 Å². The summed E-state index contributed by atoms with van der Waals surface area (Å²) in [5.74, 6) is 1.17. The van der Waals surface area contributed by atoms with Gasteiger partial charge >= 0.3 is 12.1 Å². The first-order valence-electron chi connectivity index (χ1n) is 16.0. The predicted molar refractivity (Wildman–Crippen MR) is 170 cm³/mol. The number of piperidine rings is 1. The second-order valence-corrected chi connectivity index (χ2v) is 13.8. The second kappa shape index (κ2) is 12.1. The molecule has 6 rings (SSSR count). The molecule has 2 aromatic carbocycles. The molecule has 1 aliphatic carbocycles. The molecule has 3 fully saturated rings. The zero-order valence-electron chi connectivity index (χ0n) is 25.9. The number of benzene rings is 2. The maximum atomic E-state index is 13.0. The standard InChI is InChI=1S/C35H45N5O3/c1-23-9-15-27(16-10-23)40-32(22-31(38-40)35(2,3)4)37-33(41)36-26-13-11-24(12-14-26)19-25-20-28-17-18-29(21-25)39(28)34(42)43-30-7-5-6-8-30/h9-16,22,25,28-30H,5-8,17-21H2,1-4H3,(H2,36,37,41). The molecule has 3 amide bonds. The van der Waals surface area contributed by atoms with Crippen LogP contribution < -0.4 is 10.6 Å². The molecule has 228 valence electrons. The van der Waals surface area contributed by atoms with Crippen LogP contribution in [0.5, 0.6) is 0 Å². The van der Waals surface area contributed by atoms with Crippen molar-refractivity contribution in [3.05, 3.63) is 71.4 Å². The van der Waals surface area contributed by atoms with Gasteiger partial charge in [0, 0.05) is 29.3 Å². The lowest BCUT2D eigenvalue weighted by atomic mass is 9.86. The zero-order valence-corrected chi connectivity index (χ0v) is 25.9. The third-order valence-electron chi connectivity index (χ3n) is 9.35. The van der Waals surface area contributed by atoms with E-state index in [0.29, 0.717) is 23.8 Å². The van der Waals surface area contributed by atoms with Gasteiger partial charge in [-0.3, -0.25) is 5.32 Å². The topological polar surface area (TPSA) is 88.5 Å². The normalized spacial score (nSPS) is 22.0. The average molecular weight is 584 g/mol. The Morgan fingerprint density at radius 3 is 2.19 bits per heavy atom. The van der Waals surface area contributed by atoms with Gasteiger partial charge in [-0.05, 0) is 100 Å². The van der Waals surface area contributed by atoms with Crippen LogP contribution in [-0.2, 0) is 16.6 Å². The number of urea groups is 1. The van der Waals surface area contributed by atoms with Crippen molar-refractivity contribution in [2.45, 2.75) is 109 Å². The highest BCUT2D eigenvalue weighted by Gasteiger charge is 2.44. The molecule has 1 aromatic heterocycles. The number of amides is 3. The van der Waals surface area contributed by atoms with E-state index in [9.17, 15) is 9.59 Å². The number of carbonyl (C=O) groups excluding carboxylic acids is 2. The molecule has 3 aliphatic rings. The highest BCUT2D eigenvalue weighted by Crippen LogP contribution is 2.41. The van der Waals surface area contributed by atoms with Crippen molar-refractivity contribution in [3.8, 4) is 5.69 Å². The van der Waals surface area contributed by atoms with E-state index in [1.807, 2.05) is 49.4 Å². The van der Waals surface area contributed by atoms with Crippen LogP contribution in [0.1, 0.15) is 89.0 Å². The number of aromatic nitrogens is 2. The highest BCUT2D eigenvalue weighted by molar-refractivity contribution is 5.99. The molecule has 0 radical (unpaired) electrons. The Balaban J connectivity index is 1.05. The minimum Gasteiger partial charge on any atom is -0.446 e. The van der Waals surface area contributed by atoms with Crippen LogP contribution in [0.2, 0.25) is 0 Å². The fraction of sp³-hybridized carbons (Fsp3) is 0.514. The van der Waals surface area contributed by atoms with Gasteiger partial charge in [0.1, 0.15) is 11.9 Å². The van der Waals surface area contributed by atoms with Crippen LogP contribution >= 0.6 is 0 Å². The fourth-order valence-corrected chi connectivity index (χ4v) is 7.02. The van der Waals surface area contributed by atoms with E-state index in [0.717, 1.165) is 62.0 Å². The quantitative estimate of drug-likeness (QED) is 0.308. The average Bonchev–Trinajstić information content (AvgIpc) is 3.69.